The van der Waals surface area contributed by atoms with Crippen LogP contribution in [0.1, 0.15) is 39.2 Å². The van der Waals surface area contributed by atoms with E-state index in [9.17, 15) is 22.8 Å². The van der Waals surface area contributed by atoms with E-state index >= 15 is 0 Å². The minimum absolute atomic E-state index is 0.0296. The number of alkyl halides is 3. The molecule has 2 rings (SSSR count). The molecule has 0 spiro atoms. The molecule has 2 amide bonds. The van der Waals surface area contributed by atoms with E-state index in [-0.39, 0.29) is 36.1 Å². The normalized spacial score (nSPS) is 11.2. The number of aromatic nitrogens is 1. The second-order valence-electron chi connectivity index (χ2n) is 7.97. The molecule has 1 aromatic heterocycles. The Bertz CT molecular complexity index is 1040. The van der Waals surface area contributed by atoms with Gasteiger partial charge in [0.05, 0.1) is 24.1 Å². The van der Waals surface area contributed by atoms with Crippen molar-refractivity contribution in [1.29, 1.82) is 5.26 Å². The molecule has 0 aliphatic rings. The summed E-state index contributed by atoms with van der Waals surface area (Å²) in [5.41, 5.74) is -0.364. The van der Waals surface area contributed by atoms with Gasteiger partial charge in [-0.25, -0.2) is 9.78 Å². The third-order valence-electron chi connectivity index (χ3n) is 3.80. The first-order valence-electron chi connectivity index (χ1n) is 10.0. The Labute approximate surface area is 193 Å². The Kier molecular flexibility index (Phi) is 8.66. The summed E-state index contributed by atoms with van der Waals surface area (Å²) in [7, 11) is 0. The molecular weight excluding hydrogens is 457 g/mol. The summed E-state index contributed by atoms with van der Waals surface area (Å²) in [6.07, 6.45) is -3.80. The molecule has 0 atom stereocenters. The van der Waals surface area contributed by atoms with Crippen LogP contribution >= 0.6 is 0 Å². The molecule has 0 aliphatic heterocycles. The Morgan fingerprint density at radius 3 is 2.47 bits per heavy atom. The minimum Gasteiger partial charge on any atom is -0.450 e. The minimum atomic E-state index is -4.96. The smallest absolute Gasteiger partial charge is 0.450 e. The SMILES string of the molecule is CC(C)(C)NC(=O)OCCCC(=O)Nc1ccc(Oc2ccc(C#N)c(OC(F)(F)F)c2)nc1. The Hall–Kier alpha value is -4.01. The lowest BCUT2D eigenvalue weighted by molar-refractivity contribution is -0.274. The number of nitrogens with one attached hydrogen (secondary N) is 2. The number of hydrogen-bond acceptors (Lipinski definition) is 7. The van der Waals surface area contributed by atoms with Crippen LogP contribution in [-0.4, -0.2) is 35.5 Å². The highest BCUT2D eigenvalue weighted by Crippen LogP contribution is 2.31. The quantitative estimate of drug-likeness (QED) is 0.516. The fourth-order valence-corrected chi connectivity index (χ4v) is 2.47. The number of anilines is 1. The third-order valence-corrected chi connectivity index (χ3v) is 3.80. The van der Waals surface area contributed by atoms with Crippen LogP contribution in [0, 0.1) is 11.3 Å². The largest absolute Gasteiger partial charge is 0.573 e. The monoisotopic (exact) mass is 480 g/mol. The zero-order valence-electron chi connectivity index (χ0n) is 18.7. The predicted molar refractivity (Wildman–Crippen MR) is 114 cm³/mol. The maximum atomic E-state index is 12.5. The second kappa shape index (κ2) is 11.2. The number of halogens is 3. The van der Waals surface area contributed by atoms with Crippen molar-refractivity contribution in [3.63, 3.8) is 0 Å². The molecule has 0 radical (unpaired) electrons. The van der Waals surface area contributed by atoms with Gasteiger partial charge in [-0.2, -0.15) is 5.26 Å². The van der Waals surface area contributed by atoms with E-state index < -0.39 is 23.7 Å². The number of alkyl carbamates (subject to hydrolysis) is 1. The van der Waals surface area contributed by atoms with Crippen molar-refractivity contribution in [2.24, 2.45) is 0 Å². The van der Waals surface area contributed by atoms with Gasteiger partial charge in [0.25, 0.3) is 0 Å². The topological polar surface area (TPSA) is 123 Å². The number of rotatable bonds is 8. The second-order valence-corrected chi connectivity index (χ2v) is 7.97. The van der Waals surface area contributed by atoms with Crippen LogP contribution in [-0.2, 0) is 9.53 Å². The van der Waals surface area contributed by atoms with Crippen LogP contribution in [0.3, 0.4) is 0 Å². The van der Waals surface area contributed by atoms with Gasteiger partial charge in [-0.05, 0) is 45.4 Å². The highest BCUT2D eigenvalue weighted by molar-refractivity contribution is 5.90. The molecule has 0 fully saturated rings. The van der Waals surface area contributed by atoms with Crippen molar-refractivity contribution in [3.8, 4) is 23.4 Å². The van der Waals surface area contributed by atoms with E-state index in [2.05, 4.69) is 20.4 Å². The first-order chi connectivity index (χ1) is 15.8. The maximum Gasteiger partial charge on any atom is 0.573 e. The van der Waals surface area contributed by atoms with Gasteiger partial charge in [0.2, 0.25) is 11.8 Å². The summed E-state index contributed by atoms with van der Waals surface area (Å²) in [6, 6.07) is 7.84. The van der Waals surface area contributed by atoms with E-state index in [0.29, 0.717) is 12.1 Å². The van der Waals surface area contributed by atoms with Crippen LogP contribution in [0.15, 0.2) is 36.5 Å². The number of hydrogen-bond donors (Lipinski definition) is 2. The average molecular weight is 480 g/mol. The zero-order valence-corrected chi connectivity index (χ0v) is 18.7. The average Bonchev–Trinajstić information content (AvgIpc) is 2.70. The van der Waals surface area contributed by atoms with E-state index in [1.807, 2.05) is 20.8 Å². The summed E-state index contributed by atoms with van der Waals surface area (Å²) in [4.78, 5) is 27.5. The van der Waals surface area contributed by atoms with Gasteiger partial charge in [0.1, 0.15) is 11.8 Å². The number of carbonyl (C=O) groups excluding carboxylic acids is 2. The summed E-state index contributed by atoms with van der Waals surface area (Å²) >= 11 is 0. The van der Waals surface area contributed by atoms with Gasteiger partial charge < -0.3 is 24.8 Å². The molecule has 0 unspecified atom stereocenters. The van der Waals surface area contributed by atoms with Crippen molar-refractivity contribution in [2.75, 3.05) is 11.9 Å². The molecular formula is C22H23F3N4O5. The highest BCUT2D eigenvalue weighted by Gasteiger charge is 2.32. The number of amides is 2. The standard InChI is InChI=1S/C22H23F3N4O5/c1-21(2,3)29-20(31)32-10-4-5-18(30)28-15-7-9-19(27-13-15)33-16-8-6-14(12-26)17(11-16)34-22(23,24)25/h6-9,11,13H,4-5,10H2,1-3H3,(H,28,30)(H,29,31). The van der Waals surface area contributed by atoms with Crippen molar-refractivity contribution in [1.82, 2.24) is 10.3 Å². The van der Waals surface area contributed by atoms with Gasteiger partial charge in [-0.3, -0.25) is 4.79 Å². The van der Waals surface area contributed by atoms with Gasteiger partial charge in [-0.1, -0.05) is 0 Å². The number of benzene rings is 1. The summed E-state index contributed by atoms with van der Waals surface area (Å²) < 4.78 is 51.8. The molecule has 182 valence electrons. The molecule has 34 heavy (non-hydrogen) atoms. The Balaban J connectivity index is 1.85. The van der Waals surface area contributed by atoms with Crippen LogP contribution < -0.4 is 20.1 Å². The molecule has 1 heterocycles. The van der Waals surface area contributed by atoms with Gasteiger partial charge >= 0.3 is 12.5 Å². The highest BCUT2D eigenvalue weighted by atomic mass is 19.4. The molecule has 0 saturated carbocycles. The zero-order chi connectivity index (χ0) is 25.4. The summed E-state index contributed by atoms with van der Waals surface area (Å²) in [5, 5.41) is 14.2. The van der Waals surface area contributed by atoms with E-state index in [4.69, 9.17) is 14.7 Å². The van der Waals surface area contributed by atoms with E-state index in [1.54, 1.807) is 6.07 Å². The van der Waals surface area contributed by atoms with Gasteiger partial charge in [0.15, 0.2) is 5.75 Å². The maximum absolute atomic E-state index is 12.5. The van der Waals surface area contributed by atoms with Gasteiger partial charge in [0, 0.05) is 24.1 Å². The van der Waals surface area contributed by atoms with Crippen molar-refractivity contribution >= 4 is 17.7 Å². The number of nitriles is 1. The molecule has 0 saturated heterocycles. The fraction of sp³-hybridized carbons (Fsp3) is 0.364. The fourth-order valence-electron chi connectivity index (χ4n) is 2.47. The third kappa shape index (κ3) is 9.64. The molecule has 12 heteroatoms. The van der Waals surface area contributed by atoms with E-state index in [1.165, 1.54) is 24.4 Å². The first-order valence-corrected chi connectivity index (χ1v) is 10.0. The Morgan fingerprint density at radius 2 is 1.88 bits per heavy atom. The first kappa shape index (κ1) is 26.2. The number of carbonyl (C=O) groups is 2. The van der Waals surface area contributed by atoms with Crippen molar-refractivity contribution in [2.45, 2.75) is 45.5 Å². The van der Waals surface area contributed by atoms with Gasteiger partial charge in [-0.15, -0.1) is 13.2 Å². The predicted octanol–water partition coefficient (Wildman–Crippen LogP) is 4.89. The van der Waals surface area contributed by atoms with Crippen molar-refractivity contribution in [3.05, 3.63) is 42.1 Å². The lowest BCUT2D eigenvalue weighted by Gasteiger charge is -2.19. The number of pyridine rings is 1. The summed E-state index contributed by atoms with van der Waals surface area (Å²) in [6.45, 7) is 5.52. The number of ether oxygens (including phenoxy) is 3. The van der Waals surface area contributed by atoms with Crippen molar-refractivity contribution < 1.29 is 37.0 Å². The lowest BCUT2D eigenvalue weighted by Crippen LogP contribution is -2.41. The summed E-state index contributed by atoms with van der Waals surface area (Å²) in [5.74, 6) is -1.01. The molecule has 2 N–H and O–H groups in total. The van der Waals surface area contributed by atoms with Crippen LogP contribution in [0.2, 0.25) is 0 Å². The lowest BCUT2D eigenvalue weighted by atomic mass is 10.1. The Morgan fingerprint density at radius 1 is 1.15 bits per heavy atom. The number of nitrogens with zero attached hydrogens (tertiary/aromatic N) is 2. The molecule has 9 nitrogen and oxygen atoms in total. The van der Waals surface area contributed by atoms with Crippen LogP contribution in [0.25, 0.3) is 0 Å². The van der Waals surface area contributed by atoms with Crippen LogP contribution in [0.5, 0.6) is 17.4 Å². The molecule has 2 aromatic rings. The molecule has 0 bridgehead atoms. The molecule has 1 aromatic carbocycles. The van der Waals surface area contributed by atoms with Crippen LogP contribution in [0.4, 0.5) is 23.7 Å². The van der Waals surface area contributed by atoms with E-state index in [0.717, 1.165) is 12.1 Å². The molecule has 0 aliphatic carbocycles.